The van der Waals surface area contributed by atoms with Crippen molar-refractivity contribution in [2.75, 3.05) is 25.0 Å². The molecule has 0 unspecified atom stereocenters. The van der Waals surface area contributed by atoms with Gasteiger partial charge in [-0.05, 0) is 38.8 Å². The van der Waals surface area contributed by atoms with Crippen LogP contribution in [0.4, 0.5) is 5.82 Å². The standard InChI is InChI=1S/C17H26N4O2/c22-16(23)14-11-19-15(12-18-14)20-13-17(7-3-1-4-8-17)21-9-5-2-6-10-21/h11-12H,1-10,13H2,(H,19,20)(H,22,23). The monoisotopic (exact) mass is 318 g/mol. The van der Waals surface area contributed by atoms with Crippen molar-refractivity contribution in [1.29, 1.82) is 0 Å². The minimum absolute atomic E-state index is 0.0149. The Kier molecular flexibility index (Phi) is 5.10. The maximum atomic E-state index is 10.8. The zero-order valence-electron chi connectivity index (χ0n) is 13.6. The molecule has 2 aliphatic rings. The Morgan fingerprint density at radius 3 is 2.39 bits per heavy atom. The summed E-state index contributed by atoms with van der Waals surface area (Å²) >= 11 is 0. The maximum absolute atomic E-state index is 10.8. The molecule has 3 rings (SSSR count). The molecule has 1 aromatic rings. The van der Waals surface area contributed by atoms with Crippen molar-refractivity contribution in [3.05, 3.63) is 18.1 Å². The van der Waals surface area contributed by atoms with Gasteiger partial charge in [-0.1, -0.05) is 25.7 Å². The van der Waals surface area contributed by atoms with Gasteiger partial charge in [0.2, 0.25) is 0 Å². The first kappa shape index (κ1) is 16.2. The van der Waals surface area contributed by atoms with Gasteiger partial charge in [0.1, 0.15) is 5.82 Å². The highest BCUT2D eigenvalue weighted by Gasteiger charge is 2.38. The normalized spacial score (nSPS) is 21.7. The van der Waals surface area contributed by atoms with E-state index in [1.807, 2.05) is 0 Å². The van der Waals surface area contributed by atoms with Crippen molar-refractivity contribution < 1.29 is 9.90 Å². The Hall–Kier alpha value is -1.69. The Balaban J connectivity index is 1.67. The number of likely N-dealkylation sites (tertiary alicyclic amines) is 1. The third-order valence-corrected chi connectivity index (χ3v) is 5.28. The van der Waals surface area contributed by atoms with Gasteiger partial charge in [0.15, 0.2) is 5.69 Å². The number of hydrogen-bond donors (Lipinski definition) is 2. The van der Waals surface area contributed by atoms with Crippen molar-refractivity contribution in [3.63, 3.8) is 0 Å². The van der Waals surface area contributed by atoms with E-state index in [0.29, 0.717) is 5.82 Å². The summed E-state index contributed by atoms with van der Waals surface area (Å²) in [6.07, 6.45) is 13.2. The highest BCUT2D eigenvalue weighted by atomic mass is 16.4. The lowest BCUT2D eigenvalue weighted by atomic mass is 9.79. The van der Waals surface area contributed by atoms with Crippen LogP contribution in [0.5, 0.6) is 0 Å². The Morgan fingerprint density at radius 2 is 1.78 bits per heavy atom. The predicted octanol–water partition coefficient (Wildman–Crippen LogP) is 2.78. The van der Waals surface area contributed by atoms with Gasteiger partial charge in [-0.3, -0.25) is 4.90 Å². The van der Waals surface area contributed by atoms with E-state index in [1.54, 1.807) is 0 Å². The number of aromatic carboxylic acids is 1. The molecule has 1 aliphatic carbocycles. The number of anilines is 1. The number of carbonyl (C=O) groups is 1. The SMILES string of the molecule is O=C(O)c1cnc(NCC2(N3CCCCC3)CCCCC2)cn1. The molecule has 2 fully saturated rings. The molecule has 1 aromatic heterocycles. The van der Waals surface area contributed by atoms with E-state index >= 15 is 0 Å². The molecule has 0 spiro atoms. The number of rotatable bonds is 5. The summed E-state index contributed by atoms with van der Waals surface area (Å²) in [6, 6.07) is 0. The molecule has 0 amide bonds. The molecular weight excluding hydrogens is 292 g/mol. The van der Waals surface area contributed by atoms with Gasteiger partial charge in [0.25, 0.3) is 0 Å². The van der Waals surface area contributed by atoms with E-state index in [-0.39, 0.29) is 11.2 Å². The van der Waals surface area contributed by atoms with Gasteiger partial charge >= 0.3 is 5.97 Å². The molecule has 6 nitrogen and oxygen atoms in total. The van der Waals surface area contributed by atoms with Gasteiger partial charge < -0.3 is 10.4 Å². The number of piperidine rings is 1. The fourth-order valence-corrected chi connectivity index (χ4v) is 3.97. The highest BCUT2D eigenvalue weighted by Crippen LogP contribution is 2.35. The smallest absolute Gasteiger partial charge is 0.356 e. The summed E-state index contributed by atoms with van der Waals surface area (Å²) in [5.41, 5.74) is 0.213. The Bertz CT molecular complexity index is 520. The number of hydrogen-bond acceptors (Lipinski definition) is 5. The van der Waals surface area contributed by atoms with Crippen LogP contribution in [0.1, 0.15) is 61.9 Å². The lowest BCUT2D eigenvalue weighted by Gasteiger charge is -2.48. The molecule has 2 N–H and O–H groups in total. The summed E-state index contributed by atoms with van der Waals surface area (Å²) in [6.45, 7) is 3.27. The van der Waals surface area contributed by atoms with E-state index < -0.39 is 5.97 Å². The van der Waals surface area contributed by atoms with Crippen LogP contribution in [0.3, 0.4) is 0 Å². The zero-order chi connectivity index (χ0) is 16.1. The fraction of sp³-hybridized carbons (Fsp3) is 0.706. The summed E-state index contributed by atoms with van der Waals surface area (Å²) in [5, 5.41) is 12.3. The number of carboxylic acids is 1. The molecule has 6 heteroatoms. The molecule has 1 saturated heterocycles. The predicted molar refractivity (Wildman–Crippen MR) is 88.7 cm³/mol. The molecule has 1 aliphatic heterocycles. The maximum Gasteiger partial charge on any atom is 0.356 e. The largest absolute Gasteiger partial charge is 0.476 e. The third kappa shape index (κ3) is 3.80. The molecule has 0 aromatic carbocycles. The van der Waals surface area contributed by atoms with Crippen LogP contribution in [-0.4, -0.2) is 51.1 Å². The zero-order valence-corrected chi connectivity index (χ0v) is 13.6. The Labute approximate surface area is 137 Å². The van der Waals surface area contributed by atoms with Crippen LogP contribution in [-0.2, 0) is 0 Å². The average molecular weight is 318 g/mol. The van der Waals surface area contributed by atoms with Crippen molar-refractivity contribution in [2.24, 2.45) is 0 Å². The minimum Gasteiger partial charge on any atom is -0.476 e. The van der Waals surface area contributed by atoms with Gasteiger partial charge in [0, 0.05) is 12.1 Å². The second-order valence-corrected chi connectivity index (χ2v) is 6.78. The highest BCUT2D eigenvalue weighted by molar-refractivity contribution is 5.84. The quantitative estimate of drug-likeness (QED) is 0.869. The summed E-state index contributed by atoms with van der Waals surface area (Å²) in [4.78, 5) is 21.7. The first-order valence-corrected chi connectivity index (χ1v) is 8.74. The van der Waals surface area contributed by atoms with Gasteiger partial charge in [-0.15, -0.1) is 0 Å². The second-order valence-electron chi connectivity index (χ2n) is 6.78. The molecule has 1 saturated carbocycles. The second kappa shape index (κ2) is 7.25. The van der Waals surface area contributed by atoms with E-state index in [1.165, 1.54) is 76.8 Å². The summed E-state index contributed by atoms with van der Waals surface area (Å²) in [7, 11) is 0. The molecule has 23 heavy (non-hydrogen) atoms. The van der Waals surface area contributed by atoms with Gasteiger partial charge in [0.05, 0.1) is 12.4 Å². The molecular formula is C17H26N4O2. The van der Waals surface area contributed by atoms with Gasteiger partial charge in [-0.2, -0.15) is 0 Å². The van der Waals surface area contributed by atoms with Crippen molar-refractivity contribution >= 4 is 11.8 Å². The van der Waals surface area contributed by atoms with E-state index in [4.69, 9.17) is 5.11 Å². The van der Waals surface area contributed by atoms with Crippen molar-refractivity contribution in [2.45, 2.75) is 56.9 Å². The van der Waals surface area contributed by atoms with Crippen LogP contribution in [0.2, 0.25) is 0 Å². The molecule has 0 atom stereocenters. The number of nitrogens with one attached hydrogen (secondary N) is 1. The first-order valence-electron chi connectivity index (χ1n) is 8.74. The van der Waals surface area contributed by atoms with E-state index in [9.17, 15) is 4.79 Å². The topological polar surface area (TPSA) is 78.3 Å². The molecule has 126 valence electrons. The number of nitrogens with zero attached hydrogens (tertiary/aromatic N) is 3. The minimum atomic E-state index is -1.04. The van der Waals surface area contributed by atoms with Crippen molar-refractivity contribution in [3.8, 4) is 0 Å². The number of aromatic nitrogens is 2. The number of carboxylic acid groups (broad SMARTS) is 1. The van der Waals surface area contributed by atoms with Gasteiger partial charge in [-0.25, -0.2) is 14.8 Å². The third-order valence-electron chi connectivity index (χ3n) is 5.28. The van der Waals surface area contributed by atoms with Crippen LogP contribution >= 0.6 is 0 Å². The van der Waals surface area contributed by atoms with Crippen LogP contribution in [0, 0.1) is 0 Å². The summed E-state index contributed by atoms with van der Waals surface area (Å²) < 4.78 is 0. The molecule has 2 heterocycles. The first-order chi connectivity index (χ1) is 11.2. The molecule has 0 radical (unpaired) electrons. The van der Waals surface area contributed by atoms with Crippen LogP contribution in [0.25, 0.3) is 0 Å². The Morgan fingerprint density at radius 1 is 1.09 bits per heavy atom. The van der Waals surface area contributed by atoms with Crippen LogP contribution < -0.4 is 5.32 Å². The fourth-order valence-electron chi connectivity index (χ4n) is 3.97. The van der Waals surface area contributed by atoms with E-state index in [0.717, 1.165) is 6.54 Å². The lowest BCUT2D eigenvalue weighted by Crippen LogP contribution is -2.56. The van der Waals surface area contributed by atoms with Crippen molar-refractivity contribution in [1.82, 2.24) is 14.9 Å². The average Bonchev–Trinajstić information content (AvgIpc) is 2.62. The van der Waals surface area contributed by atoms with Crippen LogP contribution in [0.15, 0.2) is 12.4 Å². The summed E-state index contributed by atoms with van der Waals surface area (Å²) in [5.74, 6) is -0.377. The molecule has 0 bridgehead atoms. The lowest BCUT2D eigenvalue weighted by molar-refractivity contribution is 0.0437. The van der Waals surface area contributed by atoms with E-state index in [2.05, 4.69) is 20.2 Å².